The Labute approximate surface area is 148 Å². The van der Waals surface area contributed by atoms with Crippen LogP contribution >= 0.6 is 0 Å². The van der Waals surface area contributed by atoms with Gasteiger partial charge in [0.1, 0.15) is 12.0 Å². The summed E-state index contributed by atoms with van der Waals surface area (Å²) in [7, 11) is 0. The van der Waals surface area contributed by atoms with Crippen LogP contribution in [-0.2, 0) is 9.53 Å². The molecule has 0 N–H and O–H groups in total. The lowest BCUT2D eigenvalue weighted by atomic mass is 9.92. The Morgan fingerprint density at radius 2 is 2.24 bits per heavy atom. The second kappa shape index (κ2) is 7.78. The Morgan fingerprint density at radius 1 is 1.36 bits per heavy atom. The van der Waals surface area contributed by atoms with Crippen LogP contribution in [0.5, 0.6) is 5.75 Å². The standard InChI is InChI=1S/C19H25N3O3/c1-19(2,14-23)9-12-24-15-6-7-16(20-13-15)17-8-10-21-22(17)18-5-3-4-11-25-18/h6-8,10,13-14,18H,3-5,9,11-12H2,1-2H3. The fourth-order valence-electron chi connectivity index (χ4n) is 2.77. The van der Waals surface area contributed by atoms with Crippen LogP contribution < -0.4 is 4.74 Å². The van der Waals surface area contributed by atoms with E-state index in [-0.39, 0.29) is 11.6 Å². The van der Waals surface area contributed by atoms with Gasteiger partial charge in [0.05, 0.1) is 24.2 Å². The Kier molecular flexibility index (Phi) is 5.48. The monoisotopic (exact) mass is 343 g/mol. The topological polar surface area (TPSA) is 66.2 Å². The van der Waals surface area contributed by atoms with Crippen molar-refractivity contribution in [2.24, 2.45) is 5.41 Å². The molecule has 0 bridgehead atoms. The van der Waals surface area contributed by atoms with Crippen LogP contribution in [0.2, 0.25) is 0 Å². The van der Waals surface area contributed by atoms with Gasteiger partial charge >= 0.3 is 0 Å². The van der Waals surface area contributed by atoms with Crippen LogP contribution in [0.1, 0.15) is 45.8 Å². The molecule has 1 atom stereocenters. The molecule has 3 heterocycles. The maximum absolute atomic E-state index is 10.9. The molecule has 6 heteroatoms. The molecule has 1 fully saturated rings. The Hall–Kier alpha value is -2.21. The van der Waals surface area contributed by atoms with Crippen molar-refractivity contribution in [2.45, 2.75) is 45.8 Å². The maximum atomic E-state index is 10.9. The fourth-order valence-corrected chi connectivity index (χ4v) is 2.77. The number of aldehydes is 1. The second-order valence-electron chi connectivity index (χ2n) is 7.07. The summed E-state index contributed by atoms with van der Waals surface area (Å²) in [6.45, 7) is 5.07. The molecule has 1 aliphatic heterocycles. The van der Waals surface area contributed by atoms with Crippen molar-refractivity contribution in [1.82, 2.24) is 14.8 Å². The number of carbonyl (C=O) groups is 1. The number of carbonyl (C=O) groups excluding carboxylic acids is 1. The highest BCUT2D eigenvalue weighted by atomic mass is 16.5. The number of rotatable bonds is 7. The molecule has 1 saturated heterocycles. The maximum Gasteiger partial charge on any atom is 0.150 e. The first-order valence-electron chi connectivity index (χ1n) is 8.80. The predicted octanol–water partition coefficient (Wildman–Crippen LogP) is 3.64. The fraction of sp³-hybridized carbons (Fsp3) is 0.526. The van der Waals surface area contributed by atoms with Crippen LogP contribution in [0.3, 0.4) is 0 Å². The molecule has 0 saturated carbocycles. The summed E-state index contributed by atoms with van der Waals surface area (Å²) in [5, 5.41) is 4.41. The summed E-state index contributed by atoms with van der Waals surface area (Å²) in [6, 6.07) is 5.78. The summed E-state index contributed by atoms with van der Waals surface area (Å²) in [5.41, 5.74) is 1.42. The van der Waals surface area contributed by atoms with Crippen molar-refractivity contribution >= 4 is 6.29 Å². The molecule has 3 rings (SSSR count). The number of aromatic nitrogens is 3. The highest BCUT2D eigenvalue weighted by Gasteiger charge is 2.20. The first-order valence-corrected chi connectivity index (χ1v) is 8.80. The third-order valence-corrected chi connectivity index (χ3v) is 4.43. The van der Waals surface area contributed by atoms with Crippen molar-refractivity contribution in [3.63, 3.8) is 0 Å². The van der Waals surface area contributed by atoms with Crippen molar-refractivity contribution < 1.29 is 14.3 Å². The predicted molar refractivity (Wildman–Crippen MR) is 94.3 cm³/mol. The lowest BCUT2D eigenvalue weighted by molar-refractivity contribution is -0.115. The van der Waals surface area contributed by atoms with Gasteiger partial charge in [-0.25, -0.2) is 4.68 Å². The first-order chi connectivity index (χ1) is 12.1. The van der Waals surface area contributed by atoms with E-state index >= 15 is 0 Å². The average molecular weight is 343 g/mol. The molecule has 0 aromatic carbocycles. The zero-order chi connectivity index (χ0) is 17.7. The number of pyridine rings is 1. The van der Waals surface area contributed by atoms with E-state index < -0.39 is 0 Å². The van der Waals surface area contributed by atoms with Crippen LogP contribution in [0.4, 0.5) is 0 Å². The van der Waals surface area contributed by atoms with Gasteiger partial charge in [-0.15, -0.1) is 0 Å². The highest BCUT2D eigenvalue weighted by molar-refractivity contribution is 5.57. The molecule has 6 nitrogen and oxygen atoms in total. The largest absolute Gasteiger partial charge is 0.492 e. The van der Waals surface area contributed by atoms with E-state index in [4.69, 9.17) is 9.47 Å². The molecule has 134 valence electrons. The first kappa shape index (κ1) is 17.6. The SMILES string of the molecule is CC(C)(C=O)CCOc1ccc(-c2ccnn2C2CCCCO2)nc1. The minimum Gasteiger partial charge on any atom is -0.492 e. The molecule has 0 aliphatic carbocycles. The van der Waals surface area contributed by atoms with Crippen LogP contribution in [0.15, 0.2) is 30.6 Å². The number of ether oxygens (including phenoxy) is 2. The summed E-state index contributed by atoms with van der Waals surface area (Å²) in [6.07, 6.45) is 8.35. The molecule has 0 spiro atoms. The Balaban J connectivity index is 1.65. The molecule has 1 unspecified atom stereocenters. The Bertz CT molecular complexity index is 688. The number of hydrogen-bond donors (Lipinski definition) is 0. The summed E-state index contributed by atoms with van der Waals surface area (Å²) in [4.78, 5) is 15.4. The quantitative estimate of drug-likeness (QED) is 0.718. The normalized spacial score (nSPS) is 18.1. The minimum atomic E-state index is -0.361. The van der Waals surface area contributed by atoms with E-state index in [9.17, 15) is 4.79 Å². The molecule has 0 radical (unpaired) electrons. The van der Waals surface area contributed by atoms with Crippen LogP contribution in [0, 0.1) is 5.41 Å². The lowest BCUT2D eigenvalue weighted by Gasteiger charge is -2.24. The Morgan fingerprint density at radius 3 is 2.92 bits per heavy atom. The van der Waals surface area contributed by atoms with Crippen LogP contribution in [-0.4, -0.2) is 34.3 Å². The van der Waals surface area contributed by atoms with Gasteiger partial charge in [0.2, 0.25) is 0 Å². The molecular weight excluding hydrogens is 318 g/mol. The highest BCUT2D eigenvalue weighted by Crippen LogP contribution is 2.28. The molecule has 0 amide bonds. The van der Waals surface area contributed by atoms with E-state index in [1.54, 1.807) is 12.4 Å². The third kappa shape index (κ3) is 4.45. The smallest absolute Gasteiger partial charge is 0.150 e. The molecule has 2 aromatic rings. The zero-order valence-electron chi connectivity index (χ0n) is 14.9. The number of nitrogens with zero attached hydrogens (tertiary/aromatic N) is 3. The zero-order valence-corrected chi connectivity index (χ0v) is 14.9. The molecule has 2 aromatic heterocycles. The average Bonchev–Trinajstić information content (AvgIpc) is 3.13. The van der Waals surface area contributed by atoms with E-state index in [2.05, 4.69) is 10.1 Å². The van der Waals surface area contributed by atoms with E-state index in [1.165, 1.54) is 0 Å². The lowest BCUT2D eigenvalue weighted by Crippen LogP contribution is -2.20. The molecule has 25 heavy (non-hydrogen) atoms. The van der Waals surface area contributed by atoms with Gasteiger partial charge in [0.25, 0.3) is 0 Å². The van der Waals surface area contributed by atoms with Gasteiger partial charge in [0, 0.05) is 18.2 Å². The van der Waals surface area contributed by atoms with Gasteiger partial charge in [0.15, 0.2) is 6.23 Å². The van der Waals surface area contributed by atoms with E-state index in [0.717, 1.165) is 43.5 Å². The van der Waals surface area contributed by atoms with E-state index in [0.29, 0.717) is 18.8 Å². The van der Waals surface area contributed by atoms with Gasteiger partial charge in [-0.1, -0.05) is 13.8 Å². The van der Waals surface area contributed by atoms with Gasteiger partial charge < -0.3 is 14.3 Å². The summed E-state index contributed by atoms with van der Waals surface area (Å²) < 4.78 is 13.4. The van der Waals surface area contributed by atoms with Crippen molar-refractivity contribution in [3.05, 3.63) is 30.6 Å². The molecule has 1 aliphatic rings. The van der Waals surface area contributed by atoms with Crippen LogP contribution in [0.25, 0.3) is 11.4 Å². The summed E-state index contributed by atoms with van der Waals surface area (Å²) >= 11 is 0. The van der Waals surface area contributed by atoms with Crippen molar-refractivity contribution in [2.75, 3.05) is 13.2 Å². The third-order valence-electron chi connectivity index (χ3n) is 4.43. The van der Waals surface area contributed by atoms with Crippen molar-refractivity contribution in [1.29, 1.82) is 0 Å². The van der Waals surface area contributed by atoms with Gasteiger partial charge in [-0.05, 0) is 43.9 Å². The number of hydrogen-bond acceptors (Lipinski definition) is 5. The minimum absolute atomic E-state index is 0.0120. The van der Waals surface area contributed by atoms with E-state index in [1.807, 2.05) is 36.7 Å². The van der Waals surface area contributed by atoms with Gasteiger partial charge in [-0.3, -0.25) is 4.98 Å². The van der Waals surface area contributed by atoms with Crippen molar-refractivity contribution in [3.8, 4) is 17.1 Å². The van der Waals surface area contributed by atoms with Gasteiger partial charge in [-0.2, -0.15) is 5.10 Å². The second-order valence-corrected chi connectivity index (χ2v) is 7.07. The molecular formula is C19H25N3O3. The summed E-state index contributed by atoms with van der Waals surface area (Å²) in [5.74, 6) is 0.699.